The largest absolute Gasteiger partial charge is 0.444 e. The van der Waals surface area contributed by atoms with Crippen molar-refractivity contribution in [3.63, 3.8) is 0 Å². The first kappa shape index (κ1) is 71.2. The van der Waals surface area contributed by atoms with Gasteiger partial charge >= 0.3 is 0 Å². The summed E-state index contributed by atoms with van der Waals surface area (Å²) in [7, 11) is 0. The molecule has 0 saturated heterocycles. The molecule has 12 N–H and O–H groups in total. The van der Waals surface area contributed by atoms with Crippen molar-refractivity contribution in [1.82, 2.24) is 24.6 Å². The fourth-order valence-electron chi connectivity index (χ4n) is 0. The zero-order valence-corrected chi connectivity index (χ0v) is 8.40. The molecule has 15 heavy (non-hydrogen) atoms. The minimum atomic E-state index is -1.75. The maximum absolute atomic E-state index is 8.25. The van der Waals surface area contributed by atoms with E-state index >= 15 is 0 Å². The molecule has 15 heteroatoms. The van der Waals surface area contributed by atoms with E-state index in [0.717, 1.165) is 10.7 Å². The molecule has 101 valence electrons. The average molecular weight is 281 g/mol. The second-order valence-electron chi connectivity index (χ2n) is 0.373. The van der Waals surface area contributed by atoms with Crippen LogP contribution < -0.4 is 24.6 Å². The van der Waals surface area contributed by atoms with E-state index in [-0.39, 0.29) is 41.4 Å². The number of nitrogens with zero attached hydrogens (tertiary/aromatic N) is 3. The van der Waals surface area contributed by atoms with Crippen LogP contribution in [0.3, 0.4) is 0 Å². The molecule has 0 saturated carbocycles. The van der Waals surface area contributed by atoms with Crippen LogP contribution in [0.5, 0.6) is 0 Å². The number of rotatable bonds is 0. The third kappa shape index (κ3) is 483. The van der Waals surface area contributed by atoms with E-state index in [1.165, 1.54) is 0 Å². The Morgan fingerprint density at radius 1 is 0.800 bits per heavy atom. The van der Waals surface area contributed by atoms with Gasteiger partial charge in [-0.2, -0.15) is 0 Å². The van der Waals surface area contributed by atoms with Gasteiger partial charge in [0.05, 0.1) is 5.09 Å². The summed E-state index contributed by atoms with van der Waals surface area (Å²) in [6, 6.07) is 0. The first-order chi connectivity index (χ1) is 4.56. The Labute approximate surface area is 93.5 Å². The van der Waals surface area contributed by atoms with E-state index in [4.69, 9.17) is 35.6 Å². The van der Waals surface area contributed by atoms with Crippen LogP contribution in [0.2, 0.25) is 0 Å². The number of hydrogen-bond acceptors (Lipinski definition) is 13. The van der Waals surface area contributed by atoms with Gasteiger partial charge in [-0.3, -0.25) is 0 Å². The van der Waals surface area contributed by atoms with Crippen LogP contribution in [0.25, 0.3) is 0 Å². The van der Waals surface area contributed by atoms with Crippen LogP contribution in [0, 0.1) is 35.6 Å². The van der Waals surface area contributed by atoms with Gasteiger partial charge in [0, 0.05) is 16.8 Å². The zero-order chi connectivity index (χ0) is 8.99. The average Bonchev–Trinajstić information content (AvgIpc) is 1.65. The van der Waals surface area contributed by atoms with E-state index in [0.29, 0.717) is 0 Å². The van der Waals surface area contributed by atoms with Gasteiger partial charge < -0.3 is 60.2 Å². The van der Waals surface area contributed by atoms with Crippen molar-refractivity contribution in [1.29, 1.82) is 0 Å². The Kier molecular flexibility index (Phi) is 673. The molecular weight excluding hydrogens is 269 g/mol. The minimum absolute atomic E-state index is 0. The van der Waals surface area contributed by atoms with Crippen LogP contribution in [0.4, 0.5) is 0 Å². The maximum atomic E-state index is 8.25. The molecule has 0 aliphatic rings. The Balaban J connectivity index is -0.00000000707. The third-order valence-corrected chi connectivity index (χ3v) is 0. The molecule has 0 rings (SSSR count). The molecule has 0 aromatic heterocycles. The molecule has 0 atom stereocenters. The van der Waals surface area contributed by atoms with Crippen molar-refractivity contribution in [3.8, 4) is 0 Å². The van der Waals surface area contributed by atoms with Gasteiger partial charge in [-0.1, -0.05) is 0 Å². The van der Waals surface area contributed by atoms with E-state index in [1.807, 2.05) is 0 Å². The molecule has 0 aromatic carbocycles. The molecule has 0 unspecified atom stereocenters. The predicted octanol–water partition coefficient (Wildman–Crippen LogP) is 0.908. The van der Waals surface area contributed by atoms with E-state index in [2.05, 4.69) is 0 Å². The van der Waals surface area contributed by atoms with Crippen LogP contribution in [-0.2, 0) is 16.8 Å². The molecule has 0 amide bonds. The van der Waals surface area contributed by atoms with E-state index in [9.17, 15) is 0 Å². The van der Waals surface area contributed by atoms with Gasteiger partial charge in [0.25, 0.3) is 0 Å². The van der Waals surface area contributed by atoms with Crippen molar-refractivity contribution < 1.29 is 21.9 Å². The van der Waals surface area contributed by atoms with Gasteiger partial charge in [-0.25, -0.2) is 0 Å². The van der Waals surface area contributed by atoms with Gasteiger partial charge in [-0.15, -0.1) is 10.7 Å². The van der Waals surface area contributed by atoms with Crippen molar-refractivity contribution in [2.24, 2.45) is 10.7 Å². The molecule has 0 heterocycles. The van der Waals surface area contributed by atoms with Crippen molar-refractivity contribution in [2.45, 2.75) is 0 Å². The van der Waals surface area contributed by atoms with Crippen molar-refractivity contribution in [2.75, 3.05) is 0 Å². The first-order valence-electron chi connectivity index (χ1n) is 1.28. The third-order valence-electron chi connectivity index (χ3n) is 0. The molecule has 0 fully saturated rings. The standard InChI is InChI=1S/Co.NO3.2HNO2.4H3N/c;2-1(3)4;2*2-1-3;;;;/h;;2*(H,2,3);4*1H3/q;-1;;;;;;/p-2. The smallest absolute Gasteiger partial charge is 0.0689 e. The number of hydrogen-bond donors (Lipinski definition) is 4. The van der Waals surface area contributed by atoms with Crippen molar-refractivity contribution >= 4 is 0 Å². The van der Waals surface area contributed by atoms with Crippen LogP contribution in [0.15, 0.2) is 10.7 Å². The molecule has 1 radical (unpaired) electrons. The zero-order valence-electron chi connectivity index (χ0n) is 7.36. The molecule has 0 aliphatic heterocycles. The fourth-order valence-corrected chi connectivity index (χ4v) is 0. The van der Waals surface area contributed by atoms with Gasteiger partial charge in [0.2, 0.25) is 0 Å². The first-order valence-corrected chi connectivity index (χ1v) is 1.28. The summed E-state index contributed by atoms with van der Waals surface area (Å²) in [6.07, 6.45) is 0. The topological polar surface area (TPSA) is 311 Å². The maximum Gasteiger partial charge on any atom is 0.0689 e. The van der Waals surface area contributed by atoms with Crippen LogP contribution in [0.1, 0.15) is 0 Å². The monoisotopic (exact) mass is 281 g/mol. The summed E-state index contributed by atoms with van der Waals surface area (Å²) in [5, 5.41) is 32.8. The Bertz CT molecular complexity index is 87.3. The Morgan fingerprint density at radius 3 is 0.800 bits per heavy atom. The Morgan fingerprint density at radius 2 is 0.800 bits per heavy atom. The van der Waals surface area contributed by atoms with Crippen LogP contribution >= 0.6 is 0 Å². The normalized spacial score (nSPS) is 3.20. The molecule has 0 aromatic rings. The summed E-state index contributed by atoms with van der Waals surface area (Å²) in [4.78, 5) is 24.2. The predicted molar refractivity (Wildman–Crippen MR) is 48.8 cm³/mol. The summed E-state index contributed by atoms with van der Waals surface area (Å²) >= 11 is 0. The SMILES string of the molecule is N.N.N.N.O=N[O-].O=N[O-].O=[N+]([O-])[O-].[Co]. The van der Waals surface area contributed by atoms with Crippen molar-refractivity contribution in [3.05, 3.63) is 35.6 Å². The molecule has 0 spiro atoms. The fraction of sp³-hybridized carbons (Fsp3) is 0. The van der Waals surface area contributed by atoms with Gasteiger partial charge in [0.1, 0.15) is 0 Å². The summed E-state index contributed by atoms with van der Waals surface area (Å²) in [6.45, 7) is 0. The van der Waals surface area contributed by atoms with Crippen LogP contribution in [-0.4, -0.2) is 5.09 Å². The molecule has 0 aliphatic carbocycles. The quantitative estimate of drug-likeness (QED) is 0.274. The van der Waals surface area contributed by atoms with Gasteiger partial charge in [-0.05, 0) is 0 Å². The second-order valence-corrected chi connectivity index (χ2v) is 0.373. The summed E-state index contributed by atoms with van der Waals surface area (Å²) in [5.74, 6) is 0. The Hall–Kier alpha value is -1.65. The minimum Gasteiger partial charge on any atom is -0.444 e. The molecule has 14 nitrogen and oxygen atoms in total. The summed E-state index contributed by atoms with van der Waals surface area (Å²) < 4.78 is 0. The molecular formula is H12CoN7O7-3. The molecule has 0 bridgehead atoms. The van der Waals surface area contributed by atoms with E-state index < -0.39 is 5.09 Å². The van der Waals surface area contributed by atoms with Gasteiger partial charge in [0.15, 0.2) is 0 Å². The summed E-state index contributed by atoms with van der Waals surface area (Å²) in [5.41, 5.74) is 0. The second kappa shape index (κ2) is 142. The van der Waals surface area contributed by atoms with E-state index in [1.54, 1.807) is 0 Å².